The van der Waals surface area contributed by atoms with Gasteiger partial charge in [0.05, 0.1) is 5.92 Å². The molecule has 1 heterocycles. The summed E-state index contributed by atoms with van der Waals surface area (Å²) in [6, 6.07) is 0.490. The fourth-order valence-corrected chi connectivity index (χ4v) is 4.73. The average molecular weight is 409 g/mol. The van der Waals surface area contributed by atoms with Crippen LogP contribution in [0.1, 0.15) is 78.6 Å². The Morgan fingerprint density at radius 1 is 1.14 bits per heavy atom. The van der Waals surface area contributed by atoms with Crippen molar-refractivity contribution in [1.82, 2.24) is 10.2 Å². The zero-order valence-corrected chi connectivity index (χ0v) is 19.3. The molecule has 0 bridgehead atoms. The Bertz CT molecular complexity index is 515. The minimum atomic E-state index is -0.390. The zero-order valence-electron chi connectivity index (χ0n) is 19.3. The molecule has 3 atom stereocenters. The minimum Gasteiger partial charge on any atom is -0.460 e. The van der Waals surface area contributed by atoms with E-state index in [1.165, 1.54) is 25.0 Å². The van der Waals surface area contributed by atoms with E-state index in [1.807, 2.05) is 20.8 Å². The summed E-state index contributed by atoms with van der Waals surface area (Å²) in [6.07, 6.45) is 9.92. The summed E-state index contributed by atoms with van der Waals surface area (Å²) in [5.41, 5.74) is 0.902. The van der Waals surface area contributed by atoms with Crippen molar-refractivity contribution < 1.29 is 14.3 Å². The van der Waals surface area contributed by atoms with Crippen molar-refractivity contribution in [3.8, 4) is 0 Å². The third-order valence-electron chi connectivity index (χ3n) is 6.26. The second kappa shape index (κ2) is 11.9. The van der Waals surface area contributed by atoms with Crippen LogP contribution < -0.4 is 5.32 Å². The summed E-state index contributed by atoms with van der Waals surface area (Å²) in [5, 5.41) is 3.51. The molecule has 0 amide bonds. The number of rotatable bonds is 7. The monoisotopic (exact) mass is 408 g/mol. The van der Waals surface area contributed by atoms with E-state index in [-0.39, 0.29) is 11.9 Å². The van der Waals surface area contributed by atoms with Crippen molar-refractivity contribution in [1.29, 1.82) is 0 Å². The molecule has 2 aliphatic rings. The predicted molar refractivity (Wildman–Crippen MR) is 119 cm³/mol. The standard InChI is InChI=1S/C24H44N2O3/c1-19(26-15-14-25-18-22(26)13-16-28-5)17-20-9-6-7-11-21(12-8-10-20)23(27)29-24(2,3)4/h20-22,25H,1,6-18H2,2-5H3. The van der Waals surface area contributed by atoms with Crippen molar-refractivity contribution in [3.05, 3.63) is 12.3 Å². The molecule has 29 heavy (non-hydrogen) atoms. The van der Waals surface area contributed by atoms with E-state index in [0.29, 0.717) is 12.0 Å². The molecule has 2 fully saturated rings. The first-order chi connectivity index (χ1) is 13.8. The first-order valence-electron chi connectivity index (χ1n) is 11.7. The highest BCUT2D eigenvalue weighted by Gasteiger charge is 2.28. The topological polar surface area (TPSA) is 50.8 Å². The highest BCUT2D eigenvalue weighted by Crippen LogP contribution is 2.31. The van der Waals surface area contributed by atoms with Crippen molar-refractivity contribution in [3.63, 3.8) is 0 Å². The Morgan fingerprint density at radius 2 is 1.83 bits per heavy atom. The highest BCUT2D eigenvalue weighted by molar-refractivity contribution is 5.72. The number of esters is 1. The number of hydrogen-bond acceptors (Lipinski definition) is 5. The Hall–Kier alpha value is -1.07. The molecular weight excluding hydrogens is 364 g/mol. The lowest BCUT2D eigenvalue weighted by molar-refractivity contribution is -0.160. The SMILES string of the molecule is C=C(CC1CCCCC(C(=O)OC(C)(C)C)CCC1)N1CCNCC1CCOC. The van der Waals surface area contributed by atoms with Gasteiger partial charge in [0.1, 0.15) is 5.60 Å². The number of carbonyl (C=O) groups is 1. The molecule has 0 aromatic heterocycles. The van der Waals surface area contributed by atoms with Gasteiger partial charge >= 0.3 is 5.97 Å². The molecule has 1 saturated carbocycles. The molecule has 1 aliphatic carbocycles. The Kier molecular flexibility index (Phi) is 9.97. The number of carbonyl (C=O) groups excluding carboxylic acids is 1. The van der Waals surface area contributed by atoms with Gasteiger partial charge in [-0.1, -0.05) is 38.7 Å². The number of nitrogens with one attached hydrogen (secondary N) is 1. The van der Waals surface area contributed by atoms with Crippen LogP contribution in [0.5, 0.6) is 0 Å². The lowest BCUT2D eigenvalue weighted by Crippen LogP contribution is -2.51. The molecule has 0 aromatic carbocycles. The van der Waals surface area contributed by atoms with Crippen molar-refractivity contribution >= 4 is 5.97 Å². The quantitative estimate of drug-likeness (QED) is 0.628. The molecule has 3 unspecified atom stereocenters. The molecule has 1 saturated heterocycles. The fraction of sp³-hybridized carbons (Fsp3) is 0.875. The van der Waals surface area contributed by atoms with Gasteiger partial charge in [-0.2, -0.15) is 0 Å². The van der Waals surface area contributed by atoms with Gasteiger partial charge in [0.2, 0.25) is 0 Å². The first kappa shape index (κ1) is 24.2. The van der Waals surface area contributed by atoms with Crippen LogP contribution in [0.2, 0.25) is 0 Å². The van der Waals surface area contributed by atoms with Crippen molar-refractivity contribution in [2.45, 2.75) is 90.2 Å². The molecular formula is C24H44N2O3. The van der Waals surface area contributed by atoms with Gasteiger partial charge in [-0.05, 0) is 52.4 Å². The van der Waals surface area contributed by atoms with E-state index in [1.54, 1.807) is 7.11 Å². The van der Waals surface area contributed by atoms with Gasteiger partial charge in [0.15, 0.2) is 0 Å². The first-order valence-corrected chi connectivity index (χ1v) is 11.7. The minimum absolute atomic E-state index is 0.00200. The summed E-state index contributed by atoms with van der Waals surface area (Å²) >= 11 is 0. The lowest BCUT2D eigenvalue weighted by Gasteiger charge is -2.40. The summed E-state index contributed by atoms with van der Waals surface area (Å²) in [5.74, 6) is 0.753. The number of methoxy groups -OCH3 is 1. The van der Waals surface area contributed by atoms with Gasteiger partial charge in [0.25, 0.3) is 0 Å². The third kappa shape index (κ3) is 8.67. The number of hydrogen-bond donors (Lipinski definition) is 1. The van der Waals surface area contributed by atoms with E-state index in [4.69, 9.17) is 9.47 Å². The number of nitrogens with zero attached hydrogens (tertiary/aromatic N) is 1. The van der Waals surface area contributed by atoms with E-state index >= 15 is 0 Å². The maximum absolute atomic E-state index is 12.5. The van der Waals surface area contributed by atoms with E-state index < -0.39 is 5.60 Å². The maximum Gasteiger partial charge on any atom is 0.309 e. The molecule has 0 spiro atoms. The Labute approximate surface area is 178 Å². The van der Waals surface area contributed by atoms with Gasteiger partial charge in [0, 0.05) is 45.1 Å². The summed E-state index contributed by atoms with van der Waals surface area (Å²) in [7, 11) is 1.78. The summed E-state index contributed by atoms with van der Waals surface area (Å²) in [6.45, 7) is 14.2. The molecule has 1 aliphatic heterocycles. The van der Waals surface area contributed by atoms with E-state index in [0.717, 1.165) is 64.8 Å². The van der Waals surface area contributed by atoms with Gasteiger partial charge < -0.3 is 19.7 Å². The van der Waals surface area contributed by atoms with E-state index in [2.05, 4.69) is 16.8 Å². The van der Waals surface area contributed by atoms with Crippen LogP contribution in [0.15, 0.2) is 12.3 Å². The molecule has 5 nitrogen and oxygen atoms in total. The van der Waals surface area contributed by atoms with Gasteiger partial charge in [-0.3, -0.25) is 4.79 Å². The smallest absolute Gasteiger partial charge is 0.309 e. The Balaban J connectivity index is 1.85. The zero-order chi connectivity index (χ0) is 21.3. The lowest BCUT2D eigenvalue weighted by atomic mass is 9.91. The normalized spacial score (nSPS) is 26.9. The predicted octanol–water partition coefficient (Wildman–Crippen LogP) is 4.52. The summed E-state index contributed by atoms with van der Waals surface area (Å²) < 4.78 is 11.0. The second-order valence-electron chi connectivity index (χ2n) is 9.91. The molecule has 0 aromatic rings. The molecule has 0 radical (unpaired) electrons. The number of allylic oxidation sites excluding steroid dienone is 1. The third-order valence-corrected chi connectivity index (χ3v) is 6.26. The summed E-state index contributed by atoms with van der Waals surface area (Å²) in [4.78, 5) is 15.0. The fourth-order valence-electron chi connectivity index (χ4n) is 4.73. The van der Waals surface area contributed by atoms with Gasteiger partial charge in [-0.25, -0.2) is 0 Å². The molecule has 168 valence electrons. The average Bonchev–Trinajstić information content (AvgIpc) is 2.77. The van der Waals surface area contributed by atoms with Crippen molar-refractivity contribution in [2.24, 2.45) is 11.8 Å². The molecule has 1 N–H and O–H groups in total. The van der Waals surface area contributed by atoms with Crippen LogP contribution in [0.4, 0.5) is 0 Å². The second-order valence-corrected chi connectivity index (χ2v) is 9.91. The number of ether oxygens (including phenoxy) is 2. The molecule has 5 heteroatoms. The number of piperazine rings is 1. The maximum atomic E-state index is 12.5. The van der Waals surface area contributed by atoms with Crippen LogP contribution in [-0.4, -0.2) is 55.9 Å². The van der Waals surface area contributed by atoms with Crippen LogP contribution in [0.3, 0.4) is 0 Å². The largest absolute Gasteiger partial charge is 0.460 e. The van der Waals surface area contributed by atoms with Crippen LogP contribution in [0, 0.1) is 11.8 Å². The highest BCUT2D eigenvalue weighted by atomic mass is 16.6. The van der Waals surface area contributed by atoms with Gasteiger partial charge in [-0.15, -0.1) is 0 Å². The van der Waals surface area contributed by atoms with Crippen LogP contribution >= 0.6 is 0 Å². The molecule has 2 rings (SSSR count). The van der Waals surface area contributed by atoms with E-state index in [9.17, 15) is 4.79 Å². The van der Waals surface area contributed by atoms with Crippen LogP contribution in [-0.2, 0) is 14.3 Å². The van der Waals surface area contributed by atoms with Crippen molar-refractivity contribution in [2.75, 3.05) is 33.4 Å². The Morgan fingerprint density at radius 3 is 2.55 bits per heavy atom. The van der Waals surface area contributed by atoms with Crippen LogP contribution in [0.25, 0.3) is 0 Å².